The normalized spacial score (nSPS) is 23.8. The number of methoxy groups -OCH3 is 1. The molecule has 6 nitrogen and oxygen atoms in total. The molecule has 4 aromatic rings. The molecule has 0 aromatic heterocycles. The number of benzene rings is 4. The minimum Gasteiger partial charge on any atom is -0.497 e. The Morgan fingerprint density at radius 3 is 2.22 bits per heavy atom. The Balaban J connectivity index is 1.54. The van der Waals surface area contributed by atoms with E-state index in [1.807, 2.05) is 78.6 Å². The average Bonchev–Trinajstić information content (AvgIpc) is 3.49. The number of ketones is 2. The van der Waals surface area contributed by atoms with Crippen molar-refractivity contribution in [2.75, 3.05) is 17.3 Å². The maximum Gasteiger partial charge on any atom is 0.238 e. The Hall–Kier alpha value is -4.97. The summed E-state index contributed by atoms with van der Waals surface area (Å²) < 4.78 is 5.33. The summed E-state index contributed by atoms with van der Waals surface area (Å²) in [4.78, 5) is 45.9. The standard InChI is InChI=1S/C35H28N2O4/c1-21-20-29-35(26-13-7-8-14-27(26)36-34(35)40)30(32(38)23-16-18-24(41-2)19-17-23)31(33(39)22-10-4-3-5-11-22)37(29)28-15-9-6-12-25(21)28/h3-20,29-31H,1-2H3,(H,36,40). The van der Waals surface area contributed by atoms with Crippen molar-refractivity contribution in [1.29, 1.82) is 0 Å². The predicted octanol–water partition coefficient (Wildman–Crippen LogP) is 5.94. The molecule has 7 rings (SSSR count). The van der Waals surface area contributed by atoms with Gasteiger partial charge >= 0.3 is 0 Å². The Kier molecular flexibility index (Phi) is 5.68. The van der Waals surface area contributed by atoms with Gasteiger partial charge in [-0.1, -0.05) is 72.8 Å². The monoisotopic (exact) mass is 540 g/mol. The second-order valence-electron chi connectivity index (χ2n) is 10.8. The number of carbonyl (C=O) groups is 3. The topological polar surface area (TPSA) is 75.7 Å². The molecule has 1 amide bonds. The Morgan fingerprint density at radius 1 is 0.805 bits per heavy atom. The molecule has 3 aliphatic rings. The second-order valence-corrected chi connectivity index (χ2v) is 10.8. The summed E-state index contributed by atoms with van der Waals surface area (Å²) >= 11 is 0. The number of nitrogens with zero attached hydrogens (tertiary/aromatic N) is 1. The summed E-state index contributed by atoms with van der Waals surface area (Å²) in [6, 6.07) is 29.9. The van der Waals surface area contributed by atoms with Gasteiger partial charge in [-0.25, -0.2) is 0 Å². The van der Waals surface area contributed by atoms with E-state index in [0.29, 0.717) is 22.6 Å². The molecule has 4 atom stereocenters. The highest BCUT2D eigenvalue weighted by molar-refractivity contribution is 6.18. The van der Waals surface area contributed by atoms with Crippen molar-refractivity contribution >= 4 is 34.4 Å². The number of hydrogen-bond acceptors (Lipinski definition) is 5. The summed E-state index contributed by atoms with van der Waals surface area (Å²) in [6.45, 7) is 2.02. The van der Waals surface area contributed by atoms with E-state index in [-0.39, 0.29) is 17.5 Å². The van der Waals surface area contributed by atoms with Gasteiger partial charge in [-0.3, -0.25) is 14.4 Å². The summed E-state index contributed by atoms with van der Waals surface area (Å²) in [5.41, 5.74) is 3.81. The summed E-state index contributed by atoms with van der Waals surface area (Å²) in [6.07, 6.45) is 2.07. The van der Waals surface area contributed by atoms with E-state index >= 15 is 0 Å². The highest BCUT2D eigenvalue weighted by atomic mass is 16.5. The molecular formula is C35H28N2O4. The highest BCUT2D eigenvalue weighted by Crippen LogP contribution is 2.58. The minimum absolute atomic E-state index is 0.195. The van der Waals surface area contributed by atoms with Crippen molar-refractivity contribution < 1.29 is 19.1 Å². The smallest absolute Gasteiger partial charge is 0.238 e. The zero-order chi connectivity index (χ0) is 28.3. The van der Waals surface area contributed by atoms with E-state index in [1.165, 1.54) is 0 Å². The first-order valence-corrected chi connectivity index (χ1v) is 13.7. The number of amides is 1. The molecule has 1 spiro atoms. The van der Waals surface area contributed by atoms with E-state index < -0.39 is 23.4 Å². The van der Waals surface area contributed by atoms with Crippen molar-refractivity contribution in [3.05, 3.63) is 131 Å². The Bertz CT molecular complexity index is 1740. The van der Waals surface area contributed by atoms with E-state index in [1.54, 1.807) is 43.5 Å². The van der Waals surface area contributed by atoms with Crippen LogP contribution >= 0.6 is 0 Å². The highest BCUT2D eigenvalue weighted by Gasteiger charge is 2.70. The van der Waals surface area contributed by atoms with Gasteiger partial charge in [-0.15, -0.1) is 0 Å². The number of ether oxygens (including phenoxy) is 1. The number of rotatable bonds is 5. The maximum atomic E-state index is 14.8. The number of hydrogen-bond donors (Lipinski definition) is 1. The third-order valence-electron chi connectivity index (χ3n) is 8.87. The van der Waals surface area contributed by atoms with Crippen LogP contribution < -0.4 is 15.0 Å². The zero-order valence-electron chi connectivity index (χ0n) is 22.7. The fourth-order valence-corrected chi connectivity index (χ4v) is 7.10. The van der Waals surface area contributed by atoms with Crippen molar-refractivity contribution in [2.24, 2.45) is 5.92 Å². The number of para-hydroxylation sites is 2. The number of allylic oxidation sites excluding steroid dienone is 1. The largest absolute Gasteiger partial charge is 0.497 e. The first kappa shape index (κ1) is 25.0. The number of fused-ring (bicyclic) bond motifs is 6. The van der Waals surface area contributed by atoms with Crippen LogP contribution in [0.15, 0.2) is 109 Å². The van der Waals surface area contributed by atoms with E-state index in [4.69, 9.17) is 4.74 Å². The van der Waals surface area contributed by atoms with Gasteiger partial charge in [0.2, 0.25) is 5.91 Å². The number of Topliss-reactive ketones (excluding diaryl/α,β-unsaturated/α-hetero) is 2. The molecule has 1 N–H and O–H groups in total. The van der Waals surface area contributed by atoms with Crippen LogP contribution in [0.3, 0.4) is 0 Å². The lowest BCUT2D eigenvalue weighted by Gasteiger charge is -2.39. The molecule has 202 valence electrons. The lowest BCUT2D eigenvalue weighted by Crippen LogP contribution is -2.51. The molecular weight excluding hydrogens is 512 g/mol. The summed E-state index contributed by atoms with van der Waals surface area (Å²) in [7, 11) is 1.57. The van der Waals surface area contributed by atoms with Crippen LogP contribution in [-0.4, -0.2) is 36.7 Å². The third kappa shape index (κ3) is 3.46. The van der Waals surface area contributed by atoms with Crippen LogP contribution in [-0.2, 0) is 10.2 Å². The van der Waals surface area contributed by atoms with Crippen molar-refractivity contribution in [3.63, 3.8) is 0 Å². The lowest BCUT2D eigenvalue weighted by molar-refractivity contribution is -0.121. The SMILES string of the molecule is COc1ccc(C(=O)C2C(C(=O)c3ccccc3)N3c4ccccc4C(C)=CC3C23C(=O)Nc2ccccc23)cc1. The quantitative estimate of drug-likeness (QED) is 0.317. The second kappa shape index (κ2) is 9.30. The Morgan fingerprint density at radius 2 is 1.46 bits per heavy atom. The van der Waals surface area contributed by atoms with Gasteiger partial charge in [0, 0.05) is 28.1 Å². The van der Waals surface area contributed by atoms with Crippen LogP contribution in [0.25, 0.3) is 5.57 Å². The van der Waals surface area contributed by atoms with Crippen LogP contribution in [0.1, 0.15) is 38.8 Å². The van der Waals surface area contributed by atoms with Gasteiger partial charge in [0.05, 0.1) is 19.1 Å². The van der Waals surface area contributed by atoms with E-state index in [0.717, 1.165) is 22.4 Å². The average molecular weight is 541 g/mol. The van der Waals surface area contributed by atoms with Crippen molar-refractivity contribution in [2.45, 2.75) is 24.4 Å². The van der Waals surface area contributed by atoms with Gasteiger partial charge in [-0.2, -0.15) is 0 Å². The molecule has 1 saturated heterocycles. The van der Waals surface area contributed by atoms with Crippen LogP contribution in [0.4, 0.5) is 11.4 Å². The number of nitrogens with one attached hydrogen (secondary N) is 1. The first-order chi connectivity index (χ1) is 20.0. The van der Waals surface area contributed by atoms with Crippen LogP contribution in [0.2, 0.25) is 0 Å². The third-order valence-corrected chi connectivity index (χ3v) is 8.87. The molecule has 0 saturated carbocycles. The van der Waals surface area contributed by atoms with Gasteiger partial charge < -0.3 is 15.0 Å². The fraction of sp³-hybridized carbons (Fsp3) is 0.171. The van der Waals surface area contributed by atoms with Crippen molar-refractivity contribution in [1.82, 2.24) is 0 Å². The number of anilines is 2. The van der Waals surface area contributed by atoms with E-state index in [9.17, 15) is 14.4 Å². The molecule has 41 heavy (non-hydrogen) atoms. The molecule has 4 unspecified atom stereocenters. The summed E-state index contributed by atoms with van der Waals surface area (Å²) in [5.74, 6) is -1.11. The molecule has 0 bridgehead atoms. The zero-order valence-corrected chi connectivity index (χ0v) is 22.7. The lowest BCUT2D eigenvalue weighted by atomic mass is 9.64. The minimum atomic E-state index is -1.34. The molecule has 6 heteroatoms. The van der Waals surface area contributed by atoms with Gasteiger partial charge in [-0.05, 0) is 54.5 Å². The molecule has 1 fully saturated rings. The fourth-order valence-electron chi connectivity index (χ4n) is 7.10. The summed E-state index contributed by atoms with van der Waals surface area (Å²) in [5, 5.41) is 3.08. The van der Waals surface area contributed by atoms with Gasteiger partial charge in [0.15, 0.2) is 11.6 Å². The molecule has 4 aromatic carbocycles. The van der Waals surface area contributed by atoms with E-state index in [2.05, 4.69) is 11.4 Å². The predicted molar refractivity (Wildman–Crippen MR) is 158 cm³/mol. The molecule has 0 radical (unpaired) electrons. The molecule has 3 aliphatic heterocycles. The van der Waals surface area contributed by atoms with Crippen LogP contribution in [0.5, 0.6) is 5.75 Å². The first-order valence-electron chi connectivity index (χ1n) is 13.7. The molecule has 3 heterocycles. The Labute approximate surface area is 238 Å². The van der Waals surface area contributed by atoms with Gasteiger partial charge in [0.1, 0.15) is 17.2 Å². The molecule has 0 aliphatic carbocycles. The van der Waals surface area contributed by atoms with Crippen LogP contribution in [0, 0.1) is 5.92 Å². The van der Waals surface area contributed by atoms with Gasteiger partial charge in [0.25, 0.3) is 0 Å². The maximum absolute atomic E-state index is 14.8. The number of carbonyl (C=O) groups excluding carboxylic acids is 3. The van der Waals surface area contributed by atoms with Crippen molar-refractivity contribution in [3.8, 4) is 5.75 Å².